The van der Waals surface area contributed by atoms with Gasteiger partial charge in [0.2, 0.25) is 0 Å². The molecule has 4 aromatic carbocycles. The number of hydrogen-bond donors (Lipinski definition) is 1. The first-order valence-electron chi connectivity index (χ1n) is 13.2. The van der Waals surface area contributed by atoms with Gasteiger partial charge in [-0.05, 0) is 65.7 Å². The molecule has 1 heterocycles. The number of aromatic nitrogens is 3. The molecule has 0 unspecified atom stereocenters. The van der Waals surface area contributed by atoms with Crippen LogP contribution in [0.3, 0.4) is 0 Å². The Labute approximate surface area is 265 Å². The molecule has 0 aliphatic rings. The molecule has 11 nitrogen and oxygen atoms in total. The minimum atomic E-state index is -0.453. The molecule has 0 fully saturated rings. The van der Waals surface area contributed by atoms with E-state index in [0.29, 0.717) is 28.0 Å². The maximum atomic E-state index is 12.7. The average molecular weight is 674 g/mol. The number of nitro groups is 1. The van der Waals surface area contributed by atoms with Crippen molar-refractivity contribution in [1.82, 2.24) is 20.2 Å². The van der Waals surface area contributed by atoms with E-state index in [2.05, 4.69) is 36.7 Å². The van der Waals surface area contributed by atoms with Gasteiger partial charge in [-0.25, -0.2) is 5.43 Å². The van der Waals surface area contributed by atoms with E-state index in [1.807, 2.05) is 59.2 Å². The van der Waals surface area contributed by atoms with Crippen LogP contribution in [0.5, 0.6) is 11.5 Å². The highest BCUT2D eigenvalue weighted by Gasteiger charge is 2.17. The summed E-state index contributed by atoms with van der Waals surface area (Å²) in [4.78, 5) is 23.1. The lowest BCUT2D eigenvalue weighted by molar-refractivity contribution is -0.384. The monoisotopic (exact) mass is 672 g/mol. The number of carbonyl (C=O) groups is 1. The van der Waals surface area contributed by atoms with Crippen molar-refractivity contribution in [2.45, 2.75) is 11.8 Å². The van der Waals surface area contributed by atoms with Crippen LogP contribution in [0.4, 0.5) is 5.69 Å². The molecule has 222 valence electrons. The minimum Gasteiger partial charge on any atom is -0.493 e. The maximum Gasteiger partial charge on any atom is 0.269 e. The van der Waals surface area contributed by atoms with Gasteiger partial charge in [-0.3, -0.25) is 19.5 Å². The third kappa shape index (κ3) is 7.68. The fourth-order valence-electron chi connectivity index (χ4n) is 4.09. The van der Waals surface area contributed by atoms with Gasteiger partial charge >= 0.3 is 0 Å². The Morgan fingerprint density at radius 3 is 2.55 bits per heavy atom. The first-order chi connectivity index (χ1) is 21.4. The number of non-ortho nitro benzene ring substituents is 1. The van der Waals surface area contributed by atoms with E-state index >= 15 is 0 Å². The highest BCUT2D eigenvalue weighted by molar-refractivity contribution is 9.10. The Balaban J connectivity index is 1.22. The third-order valence-corrected chi connectivity index (χ3v) is 7.62. The predicted octanol–water partition coefficient (Wildman–Crippen LogP) is 6.44. The van der Waals surface area contributed by atoms with E-state index < -0.39 is 4.92 Å². The summed E-state index contributed by atoms with van der Waals surface area (Å²) in [6.45, 7) is 0.180. The Bertz CT molecular complexity index is 1800. The minimum absolute atomic E-state index is 0.00778. The lowest BCUT2D eigenvalue weighted by Gasteiger charge is -2.11. The van der Waals surface area contributed by atoms with Gasteiger partial charge < -0.3 is 9.47 Å². The summed E-state index contributed by atoms with van der Waals surface area (Å²) in [7, 11) is 1.53. The molecule has 0 aliphatic carbocycles. The first-order valence-corrected chi connectivity index (χ1v) is 14.9. The molecule has 0 radical (unpaired) electrons. The average Bonchev–Trinajstić information content (AvgIpc) is 3.47. The van der Waals surface area contributed by atoms with Crippen LogP contribution in [0.25, 0.3) is 17.1 Å². The number of ether oxygens (including phenoxy) is 2. The largest absolute Gasteiger partial charge is 0.493 e. The molecule has 0 saturated carbocycles. The van der Waals surface area contributed by atoms with Crippen molar-refractivity contribution in [2.24, 2.45) is 5.10 Å². The van der Waals surface area contributed by atoms with E-state index in [4.69, 9.17) is 9.47 Å². The highest BCUT2D eigenvalue weighted by Crippen LogP contribution is 2.30. The number of thioether (sulfide) groups is 1. The van der Waals surface area contributed by atoms with Gasteiger partial charge in [0.1, 0.15) is 6.61 Å². The second kappa shape index (κ2) is 14.4. The topological polar surface area (TPSA) is 134 Å². The summed E-state index contributed by atoms with van der Waals surface area (Å²) in [5.74, 6) is 1.37. The predicted molar refractivity (Wildman–Crippen MR) is 171 cm³/mol. The maximum absolute atomic E-state index is 12.7. The van der Waals surface area contributed by atoms with Crippen molar-refractivity contribution in [3.05, 3.63) is 123 Å². The number of nitrogens with zero attached hydrogens (tertiary/aromatic N) is 5. The summed E-state index contributed by atoms with van der Waals surface area (Å²) in [6, 6.07) is 28.8. The number of benzene rings is 4. The highest BCUT2D eigenvalue weighted by atomic mass is 79.9. The van der Waals surface area contributed by atoms with Crippen LogP contribution >= 0.6 is 27.7 Å². The summed E-state index contributed by atoms with van der Waals surface area (Å²) in [5.41, 5.74) is 5.73. The van der Waals surface area contributed by atoms with E-state index in [1.165, 1.54) is 37.2 Å². The fourth-order valence-corrected chi connectivity index (χ4v) is 5.23. The van der Waals surface area contributed by atoms with Crippen molar-refractivity contribution in [2.75, 3.05) is 12.9 Å². The lowest BCUT2D eigenvalue weighted by atomic mass is 10.2. The lowest BCUT2D eigenvalue weighted by Crippen LogP contribution is -2.20. The zero-order valence-electron chi connectivity index (χ0n) is 23.3. The van der Waals surface area contributed by atoms with Crippen LogP contribution in [0.2, 0.25) is 0 Å². The first kappa shape index (κ1) is 30.4. The Hall–Kier alpha value is -5.01. The molecule has 0 atom stereocenters. The number of rotatable bonds is 12. The van der Waals surface area contributed by atoms with Crippen LogP contribution in [-0.4, -0.2) is 44.7 Å². The Morgan fingerprint density at radius 1 is 1.02 bits per heavy atom. The number of carbonyl (C=O) groups excluding carboxylic acids is 1. The van der Waals surface area contributed by atoms with Crippen LogP contribution in [0.1, 0.15) is 11.1 Å². The number of hydrazone groups is 1. The van der Waals surface area contributed by atoms with Crippen LogP contribution in [0, 0.1) is 10.1 Å². The van der Waals surface area contributed by atoms with Gasteiger partial charge in [-0.15, -0.1) is 10.2 Å². The number of nitrogens with one attached hydrogen (secondary N) is 1. The van der Waals surface area contributed by atoms with Gasteiger partial charge in [0.15, 0.2) is 22.5 Å². The number of halogens is 1. The van der Waals surface area contributed by atoms with Crippen LogP contribution < -0.4 is 14.9 Å². The molecule has 44 heavy (non-hydrogen) atoms. The molecule has 5 aromatic rings. The third-order valence-electron chi connectivity index (χ3n) is 6.19. The Morgan fingerprint density at radius 2 is 1.82 bits per heavy atom. The van der Waals surface area contributed by atoms with Crippen molar-refractivity contribution in [3.8, 4) is 28.6 Å². The van der Waals surface area contributed by atoms with Gasteiger partial charge in [0, 0.05) is 27.9 Å². The fraction of sp³-hybridized carbons (Fsp3) is 0.0968. The summed E-state index contributed by atoms with van der Waals surface area (Å²) < 4.78 is 14.1. The Kier molecular flexibility index (Phi) is 10.00. The number of nitro benzene ring substituents is 1. The van der Waals surface area contributed by atoms with E-state index in [9.17, 15) is 14.9 Å². The smallest absolute Gasteiger partial charge is 0.269 e. The quantitative estimate of drug-likeness (QED) is 0.0693. The summed E-state index contributed by atoms with van der Waals surface area (Å²) >= 11 is 4.76. The zero-order chi connectivity index (χ0) is 30.9. The number of hydrogen-bond acceptors (Lipinski definition) is 9. The molecule has 5 rings (SSSR count). The molecule has 1 amide bonds. The van der Waals surface area contributed by atoms with Crippen LogP contribution in [0.15, 0.2) is 112 Å². The number of para-hydroxylation sites is 1. The second-order valence-corrected chi connectivity index (χ2v) is 11.1. The molecule has 1 aromatic heterocycles. The summed E-state index contributed by atoms with van der Waals surface area (Å²) in [5, 5.41) is 24.3. The van der Waals surface area contributed by atoms with Gasteiger partial charge in [-0.1, -0.05) is 58.0 Å². The van der Waals surface area contributed by atoms with Crippen molar-refractivity contribution < 1.29 is 19.2 Å². The molecule has 0 saturated heterocycles. The molecular formula is C31H25BrN6O5S. The second-order valence-electron chi connectivity index (χ2n) is 9.19. The van der Waals surface area contributed by atoms with Crippen molar-refractivity contribution in [3.63, 3.8) is 0 Å². The molecule has 0 bridgehead atoms. The van der Waals surface area contributed by atoms with Gasteiger partial charge in [-0.2, -0.15) is 5.10 Å². The molecule has 0 aliphatic heterocycles. The SMILES string of the molecule is COc1ccc(/C=N/NC(=O)CSc2nnc(-c3cccc(Br)c3)n2-c2ccccc2)cc1OCc1ccc([N+](=O)[O-])cc1. The standard InChI is InChI=1S/C31H25BrN6O5S/c1-42-27-15-12-22(16-28(27)43-19-21-10-13-26(14-11-21)38(40)41)18-33-34-29(39)20-44-31-36-35-30(23-6-5-7-24(32)17-23)37(31)25-8-3-2-4-9-25/h2-18H,19-20H2,1H3,(H,34,39)/b33-18+. The van der Waals surface area contributed by atoms with Crippen molar-refractivity contribution in [1.29, 1.82) is 0 Å². The number of amides is 1. The normalized spacial score (nSPS) is 11.0. The van der Waals surface area contributed by atoms with Gasteiger partial charge in [0.05, 0.1) is 24.0 Å². The van der Waals surface area contributed by atoms with E-state index in [1.54, 1.807) is 30.3 Å². The molecule has 13 heteroatoms. The molecular weight excluding hydrogens is 648 g/mol. The summed E-state index contributed by atoms with van der Waals surface area (Å²) in [6.07, 6.45) is 1.50. The van der Waals surface area contributed by atoms with Crippen LogP contribution in [-0.2, 0) is 11.4 Å². The molecule has 0 spiro atoms. The van der Waals surface area contributed by atoms with Crippen molar-refractivity contribution >= 4 is 45.5 Å². The van der Waals surface area contributed by atoms with E-state index in [-0.39, 0.29) is 24.0 Å². The zero-order valence-corrected chi connectivity index (χ0v) is 25.7. The van der Waals surface area contributed by atoms with E-state index in [0.717, 1.165) is 21.3 Å². The molecule has 1 N–H and O–H groups in total. The number of methoxy groups -OCH3 is 1. The van der Waals surface area contributed by atoms with Gasteiger partial charge in [0.25, 0.3) is 11.6 Å².